The average molecular weight is 481 g/mol. The summed E-state index contributed by atoms with van der Waals surface area (Å²) in [6.07, 6.45) is 0.0605. The molecule has 2 heterocycles. The van der Waals surface area contributed by atoms with Gasteiger partial charge in [0.25, 0.3) is 5.91 Å². The predicted molar refractivity (Wildman–Crippen MR) is 123 cm³/mol. The number of halogens is 1. The second-order valence-corrected chi connectivity index (χ2v) is 11.0. The Bertz CT molecular complexity index is 1150. The minimum Gasteiger partial charge on any atom is -0.497 e. The third kappa shape index (κ3) is 4.53. The maximum absolute atomic E-state index is 12.7. The number of hydrogen-bond donors (Lipinski definition) is 0. The van der Waals surface area contributed by atoms with Crippen LogP contribution in [0.5, 0.6) is 11.5 Å². The zero-order valence-corrected chi connectivity index (χ0v) is 19.3. The summed E-state index contributed by atoms with van der Waals surface area (Å²) >= 11 is 7.49. The van der Waals surface area contributed by atoms with E-state index in [4.69, 9.17) is 21.1 Å². The van der Waals surface area contributed by atoms with E-state index in [1.54, 1.807) is 43.5 Å². The number of benzene rings is 2. The molecule has 2 aliphatic heterocycles. The van der Waals surface area contributed by atoms with Gasteiger partial charge in [0.05, 0.1) is 43.9 Å². The number of sulfone groups is 1. The fourth-order valence-electron chi connectivity index (χ4n) is 3.78. The van der Waals surface area contributed by atoms with Crippen molar-refractivity contribution in [3.63, 3.8) is 0 Å². The molecular weight excluding hydrogens is 460 g/mol. The Balaban J connectivity index is 1.71. The molecule has 0 aromatic heterocycles. The Labute approximate surface area is 190 Å². The summed E-state index contributed by atoms with van der Waals surface area (Å²) in [4.78, 5) is 18.9. The van der Waals surface area contributed by atoms with Crippen LogP contribution in [0, 0.1) is 0 Å². The first-order valence-corrected chi connectivity index (χ1v) is 12.6. The summed E-state index contributed by atoms with van der Waals surface area (Å²) in [6.45, 7) is 0. The molecule has 0 N–H and O–H groups in total. The third-order valence-electron chi connectivity index (χ3n) is 5.23. The zero-order valence-electron chi connectivity index (χ0n) is 16.9. The Morgan fingerprint density at radius 3 is 2.68 bits per heavy atom. The number of methoxy groups -OCH3 is 2. The number of carbonyl (C=O) groups is 1. The standard InChI is InChI=1S/C21H21ClN2O5S2/c1-28-14-7-8-16(18(10-14)29-2)24-17-11-31(26,27)12-19(17)30-21(24)23-20(25)9-13-5-3-4-6-15(13)22/h3-8,10,17,19H,9,11-12H2,1-2H3. The summed E-state index contributed by atoms with van der Waals surface area (Å²) in [5.74, 6) is 0.815. The van der Waals surface area contributed by atoms with Crippen LogP contribution in [0.15, 0.2) is 47.5 Å². The lowest BCUT2D eigenvalue weighted by molar-refractivity contribution is -0.117. The van der Waals surface area contributed by atoms with E-state index in [1.807, 2.05) is 11.0 Å². The summed E-state index contributed by atoms with van der Waals surface area (Å²) in [5, 5.41) is 0.765. The van der Waals surface area contributed by atoms with Crippen LogP contribution in [-0.2, 0) is 21.1 Å². The molecule has 0 bridgehead atoms. The highest BCUT2D eigenvalue weighted by atomic mass is 35.5. The van der Waals surface area contributed by atoms with Crippen LogP contribution in [0.3, 0.4) is 0 Å². The van der Waals surface area contributed by atoms with Crippen molar-refractivity contribution >= 4 is 50.0 Å². The first kappa shape index (κ1) is 22.0. The molecule has 7 nitrogen and oxygen atoms in total. The number of aliphatic imine (C=N–C) groups is 1. The lowest BCUT2D eigenvalue weighted by Crippen LogP contribution is -2.38. The van der Waals surface area contributed by atoms with Crippen LogP contribution in [0.4, 0.5) is 5.69 Å². The van der Waals surface area contributed by atoms with E-state index in [0.29, 0.717) is 32.9 Å². The molecular formula is C21H21ClN2O5S2. The van der Waals surface area contributed by atoms with E-state index in [0.717, 1.165) is 0 Å². The number of carbonyl (C=O) groups excluding carboxylic acids is 1. The van der Waals surface area contributed by atoms with Gasteiger partial charge in [-0.2, -0.15) is 4.99 Å². The number of hydrogen-bond acceptors (Lipinski definition) is 6. The maximum Gasteiger partial charge on any atom is 0.252 e. The van der Waals surface area contributed by atoms with Crippen molar-refractivity contribution in [2.75, 3.05) is 30.6 Å². The van der Waals surface area contributed by atoms with Gasteiger partial charge < -0.3 is 14.4 Å². The lowest BCUT2D eigenvalue weighted by atomic mass is 10.1. The molecule has 2 fully saturated rings. The highest BCUT2D eigenvalue weighted by Gasteiger charge is 2.50. The van der Waals surface area contributed by atoms with Gasteiger partial charge in [-0.25, -0.2) is 8.42 Å². The van der Waals surface area contributed by atoms with Crippen molar-refractivity contribution in [3.8, 4) is 11.5 Å². The van der Waals surface area contributed by atoms with Crippen molar-refractivity contribution in [1.82, 2.24) is 0 Å². The van der Waals surface area contributed by atoms with Gasteiger partial charge >= 0.3 is 0 Å². The van der Waals surface area contributed by atoms with Gasteiger partial charge in [0.15, 0.2) is 15.0 Å². The molecule has 10 heteroatoms. The van der Waals surface area contributed by atoms with Gasteiger partial charge in [-0.1, -0.05) is 41.6 Å². The first-order valence-electron chi connectivity index (χ1n) is 9.54. The molecule has 0 aliphatic carbocycles. The summed E-state index contributed by atoms with van der Waals surface area (Å²) < 4.78 is 35.3. The van der Waals surface area contributed by atoms with Crippen molar-refractivity contribution in [1.29, 1.82) is 0 Å². The molecule has 2 atom stereocenters. The molecule has 2 saturated heterocycles. The maximum atomic E-state index is 12.7. The van der Waals surface area contributed by atoms with Crippen LogP contribution in [0.25, 0.3) is 0 Å². The second-order valence-electron chi connectivity index (χ2n) is 7.26. The lowest BCUT2D eigenvalue weighted by Gasteiger charge is -2.26. The fraction of sp³-hybridized carbons (Fsp3) is 0.333. The Kier molecular flexibility index (Phi) is 6.18. The van der Waals surface area contributed by atoms with Crippen LogP contribution < -0.4 is 14.4 Å². The number of rotatable bonds is 5. The highest BCUT2D eigenvalue weighted by molar-refractivity contribution is 8.16. The molecule has 2 aromatic rings. The number of amidine groups is 1. The number of nitrogens with zero attached hydrogens (tertiary/aromatic N) is 2. The van der Waals surface area contributed by atoms with Gasteiger partial charge in [0.2, 0.25) is 0 Å². The Hall–Kier alpha value is -2.23. The number of thioether (sulfide) groups is 1. The van der Waals surface area contributed by atoms with E-state index in [-0.39, 0.29) is 35.1 Å². The third-order valence-corrected chi connectivity index (χ3v) is 8.81. The highest BCUT2D eigenvalue weighted by Crippen LogP contribution is 2.44. The quantitative estimate of drug-likeness (QED) is 0.649. The average Bonchev–Trinajstić information content (AvgIpc) is 3.19. The normalized spacial score (nSPS) is 23.1. The van der Waals surface area contributed by atoms with E-state index in [2.05, 4.69) is 4.99 Å². The fourth-order valence-corrected chi connectivity index (χ4v) is 7.91. The van der Waals surface area contributed by atoms with Crippen LogP contribution in [0.1, 0.15) is 5.56 Å². The molecule has 164 valence electrons. The van der Waals surface area contributed by atoms with E-state index in [9.17, 15) is 13.2 Å². The molecule has 0 saturated carbocycles. The SMILES string of the molecule is COc1ccc(N2C(=NC(=O)Cc3ccccc3Cl)SC3CS(=O)(=O)CC32)c(OC)c1. The van der Waals surface area contributed by atoms with Crippen molar-refractivity contribution in [2.24, 2.45) is 4.99 Å². The van der Waals surface area contributed by atoms with Crippen molar-refractivity contribution in [2.45, 2.75) is 17.7 Å². The van der Waals surface area contributed by atoms with Gasteiger partial charge in [-0.3, -0.25) is 4.79 Å². The molecule has 0 radical (unpaired) electrons. The van der Waals surface area contributed by atoms with Gasteiger partial charge in [0, 0.05) is 16.3 Å². The monoisotopic (exact) mass is 480 g/mol. The number of ether oxygens (including phenoxy) is 2. The smallest absolute Gasteiger partial charge is 0.252 e. The molecule has 31 heavy (non-hydrogen) atoms. The van der Waals surface area contributed by atoms with Gasteiger partial charge in [-0.15, -0.1) is 0 Å². The summed E-state index contributed by atoms with van der Waals surface area (Å²) in [6, 6.07) is 12.1. The largest absolute Gasteiger partial charge is 0.497 e. The van der Waals surface area contributed by atoms with Crippen molar-refractivity contribution in [3.05, 3.63) is 53.1 Å². The topological polar surface area (TPSA) is 85.3 Å². The zero-order chi connectivity index (χ0) is 22.2. The summed E-state index contributed by atoms with van der Waals surface area (Å²) in [7, 11) is -0.0832. The molecule has 4 rings (SSSR count). The summed E-state index contributed by atoms with van der Waals surface area (Å²) in [5.41, 5.74) is 1.34. The number of anilines is 1. The van der Waals surface area contributed by atoms with Crippen LogP contribution >= 0.6 is 23.4 Å². The van der Waals surface area contributed by atoms with Gasteiger partial charge in [0.1, 0.15) is 11.5 Å². The van der Waals surface area contributed by atoms with Crippen LogP contribution in [-0.4, -0.2) is 56.5 Å². The number of amides is 1. The minimum atomic E-state index is -3.17. The van der Waals surface area contributed by atoms with E-state index in [1.165, 1.54) is 18.9 Å². The molecule has 2 unspecified atom stereocenters. The number of fused-ring (bicyclic) bond motifs is 1. The second kappa shape index (κ2) is 8.72. The minimum absolute atomic E-state index is 0.00241. The van der Waals surface area contributed by atoms with E-state index >= 15 is 0 Å². The Morgan fingerprint density at radius 2 is 1.97 bits per heavy atom. The van der Waals surface area contributed by atoms with Crippen LogP contribution in [0.2, 0.25) is 5.02 Å². The molecule has 0 spiro atoms. The molecule has 1 amide bonds. The van der Waals surface area contributed by atoms with Gasteiger partial charge in [-0.05, 0) is 23.8 Å². The Morgan fingerprint density at radius 1 is 1.19 bits per heavy atom. The van der Waals surface area contributed by atoms with Crippen molar-refractivity contribution < 1.29 is 22.7 Å². The molecule has 2 aliphatic rings. The molecule has 2 aromatic carbocycles. The van der Waals surface area contributed by atoms with E-state index < -0.39 is 9.84 Å². The first-order chi connectivity index (χ1) is 14.8. The predicted octanol–water partition coefficient (Wildman–Crippen LogP) is 3.20.